The SMILES string of the molecule is CCSc1nc(NC(C)C)c2cnn(CCNC(=O)COc3ccc(F)cc3)c2n1. The fourth-order valence-corrected chi connectivity index (χ4v) is 3.27. The monoisotopic (exact) mass is 432 g/mol. The van der Waals surface area contributed by atoms with E-state index in [2.05, 4.69) is 46.5 Å². The third-order valence-corrected chi connectivity index (χ3v) is 4.73. The number of ether oxygens (including phenoxy) is 1. The van der Waals surface area contributed by atoms with E-state index < -0.39 is 0 Å². The second-order valence-electron chi connectivity index (χ2n) is 6.78. The van der Waals surface area contributed by atoms with E-state index in [1.54, 1.807) is 22.6 Å². The Morgan fingerprint density at radius 2 is 2.03 bits per heavy atom. The second-order valence-corrected chi connectivity index (χ2v) is 8.02. The zero-order valence-corrected chi connectivity index (χ0v) is 18.0. The van der Waals surface area contributed by atoms with Crippen LogP contribution in [0.4, 0.5) is 10.2 Å². The molecule has 3 aromatic rings. The van der Waals surface area contributed by atoms with Crippen LogP contribution in [0.2, 0.25) is 0 Å². The highest BCUT2D eigenvalue weighted by atomic mass is 32.2. The molecule has 2 heterocycles. The minimum atomic E-state index is -0.352. The smallest absolute Gasteiger partial charge is 0.258 e. The second kappa shape index (κ2) is 10.2. The number of carbonyl (C=O) groups is 1. The van der Waals surface area contributed by atoms with Crippen LogP contribution in [-0.4, -0.2) is 50.6 Å². The molecule has 3 rings (SSSR count). The van der Waals surface area contributed by atoms with Gasteiger partial charge in [-0.3, -0.25) is 4.79 Å². The number of aromatic nitrogens is 4. The van der Waals surface area contributed by atoms with Gasteiger partial charge in [-0.15, -0.1) is 0 Å². The van der Waals surface area contributed by atoms with E-state index in [9.17, 15) is 9.18 Å². The summed E-state index contributed by atoms with van der Waals surface area (Å²) in [6.07, 6.45) is 1.74. The first-order valence-electron chi connectivity index (χ1n) is 9.74. The predicted octanol–water partition coefficient (Wildman–Crippen LogP) is 3.09. The molecular formula is C20H25FN6O2S. The first kappa shape index (κ1) is 21.8. The van der Waals surface area contributed by atoms with Crippen LogP contribution in [0.1, 0.15) is 20.8 Å². The van der Waals surface area contributed by atoms with Crippen molar-refractivity contribution in [2.45, 2.75) is 38.5 Å². The zero-order chi connectivity index (χ0) is 21.5. The van der Waals surface area contributed by atoms with E-state index in [1.807, 2.05) is 0 Å². The van der Waals surface area contributed by atoms with Crippen molar-refractivity contribution in [1.82, 2.24) is 25.1 Å². The Balaban J connectivity index is 1.60. The van der Waals surface area contributed by atoms with Crippen molar-refractivity contribution in [1.29, 1.82) is 0 Å². The molecule has 0 bridgehead atoms. The number of carbonyl (C=O) groups excluding carboxylic acids is 1. The molecule has 0 saturated carbocycles. The summed E-state index contributed by atoms with van der Waals surface area (Å²) in [7, 11) is 0. The third-order valence-electron chi connectivity index (χ3n) is 4.00. The van der Waals surface area contributed by atoms with Crippen LogP contribution < -0.4 is 15.4 Å². The molecule has 0 radical (unpaired) electrons. The first-order chi connectivity index (χ1) is 14.5. The molecule has 2 aromatic heterocycles. The van der Waals surface area contributed by atoms with Crippen molar-refractivity contribution in [2.24, 2.45) is 0 Å². The molecule has 160 valence electrons. The third kappa shape index (κ3) is 5.82. The number of amides is 1. The number of anilines is 1. The molecule has 8 nitrogen and oxygen atoms in total. The summed E-state index contributed by atoms with van der Waals surface area (Å²) in [4.78, 5) is 21.2. The molecule has 0 spiro atoms. The van der Waals surface area contributed by atoms with Crippen LogP contribution >= 0.6 is 11.8 Å². The van der Waals surface area contributed by atoms with Gasteiger partial charge in [-0.05, 0) is 43.9 Å². The van der Waals surface area contributed by atoms with Crippen LogP contribution in [0, 0.1) is 5.82 Å². The van der Waals surface area contributed by atoms with Crippen molar-refractivity contribution >= 4 is 34.5 Å². The van der Waals surface area contributed by atoms with Gasteiger partial charge < -0.3 is 15.4 Å². The quantitative estimate of drug-likeness (QED) is 0.376. The number of benzene rings is 1. The van der Waals surface area contributed by atoms with Gasteiger partial charge in [0, 0.05) is 12.6 Å². The standard InChI is InChI=1S/C20H25FN6O2S/c1-4-30-20-25-18(24-13(2)3)16-11-23-27(19(16)26-20)10-9-22-17(28)12-29-15-7-5-14(21)6-8-15/h5-8,11,13H,4,9-10,12H2,1-3H3,(H,22,28)(H,24,25,26). The highest BCUT2D eigenvalue weighted by Crippen LogP contribution is 2.24. The van der Waals surface area contributed by atoms with Gasteiger partial charge in [-0.2, -0.15) is 5.10 Å². The van der Waals surface area contributed by atoms with E-state index in [-0.39, 0.29) is 24.4 Å². The fraction of sp³-hybridized carbons (Fsp3) is 0.400. The van der Waals surface area contributed by atoms with Crippen LogP contribution in [0.3, 0.4) is 0 Å². The predicted molar refractivity (Wildman–Crippen MR) is 115 cm³/mol. The molecule has 0 saturated heterocycles. The van der Waals surface area contributed by atoms with Crippen molar-refractivity contribution in [3.63, 3.8) is 0 Å². The largest absolute Gasteiger partial charge is 0.484 e. The lowest BCUT2D eigenvalue weighted by atomic mass is 10.3. The lowest BCUT2D eigenvalue weighted by Gasteiger charge is -2.12. The molecule has 0 aliphatic heterocycles. The molecule has 0 atom stereocenters. The summed E-state index contributed by atoms with van der Waals surface area (Å²) in [6, 6.07) is 5.75. The van der Waals surface area contributed by atoms with Gasteiger partial charge in [0.2, 0.25) is 0 Å². The van der Waals surface area contributed by atoms with Gasteiger partial charge in [0.25, 0.3) is 5.91 Å². The maximum Gasteiger partial charge on any atom is 0.258 e. The van der Waals surface area contributed by atoms with Crippen molar-refractivity contribution < 1.29 is 13.9 Å². The Labute approximate surface area is 178 Å². The molecule has 30 heavy (non-hydrogen) atoms. The number of rotatable bonds is 10. The molecule has 2 N–H and O–H groups in total. The van der Waals surface area contributed by atoms with Gasteiger partial charge in [0.05, 0.1) is 18.1 Å². The number of hydrogen-bond donors (Lipinski definition) is 2. The highest BCUT2D eigenvalue weighted by Gasteiger charge is 2.14. The van der Waals surface area contributed by atoms with Gasteiger partial charge >= 0.3 is 0 Å². The van der Waals surface area contributed by atoms with Gasteiger partial charge in [0.1, 0.15) is 17.4 Å². The maximum absolute atomic E-state index is 12.9. The molecule has 1 aromatic carbocycles. The number of thioether (sulfide) groups is 1. The summed E-state index contributed by atoms with van der Waals surface area (Å²) >= 11 is 1.56. The summed E-state index contributed by atoms with van der Waals surface area (Å²) < 4.78 is 20.0. The average molecular weight is 433 g/mol. The summed E-state index contributed by atoms with van der Waals surface area (Å²) in [5.74, 6) is 1.44. The number of nitrogens with zero attached hydrogens (tertiary/aromatic N) is 4. The Morgan fingerprint density at radius 1 is 1.27 bits per heavy atom. The molecule has 0 unspecified atom stereocenters. The summed E-state index contributed by atoms with van der Waals surface area (Å²) in [5.41, 5.74) is 0.723. The molecule has 0 fully saturated rings. The fourth-order valence-electron chi connectivity index (χ4n) is 2.71. The first-order valence-corrected chi connectivity index (χ1v) is 10.7. The highest BCUT2D eigenvalue weighted by molar-refractivity contribution is 7.99. The van der Waals surface area contributed by atoms with Crippen LogP contribution in [0.25, 0.3) is 11.0 Å². The maximum atomic E-state index is 12.9. The lowest BCUT2D eigenvalue weighted by Crippen LogP contribution is -2.31. The number of halogens is 1. The van der Waals surface area contributed by atoms with E-state index in [4.69, 9.17) is 4.74 Å². The normalized spacial score (nSPS) is 11.1. The molecule has 1 amide bonds. The molecule has 0 aliphatic carbocycles. The Hall–Kier alpha value is -2.88. The molecule has 0 aliphatic rings. The van der Waals surface area contributed by atoms with E-state index >= 15 is 0 Å². The van der Waals surface area contributed by atoms with Gasteiger partial charge in [-0.25, -0.2) is 19.0 Å². The van der Waals surface area contributed by atoms with Gasteiger partial charge in [-0.1, -0.05) is 18.7 Å². The number of hydrogen-bond acceptors (Lipinski definition) is 7. The van der Waals surface area contributed by atoms with E-state index in [0.717, 1.165) is 22.6 Å². The summed E-state index contributed by atoms with van der Waals surface area (Å²) in [5, 5.41) is 12.1. The Morgan fingerprint density at radius 3 is 2.73 bits per heavy atom. The minimum absolute atomic E-state index is 0.145. The molecular weight excluding hydrogens is 407 g/mol. The Bertz CT molecular complexity index is 993. The van der Waals surface area contributed by atoms with E-state index in [1.165, 1.54) is 24.3 Å². The van der Waals surface area contributed by atoms with Crippen LogP contribution in [-0.2, 0) is 11.3 Å². The lowest BCUT2D eigenvalue weighted by molar-refractivity contribution is -0.123. The van der Waals surface area contributed by atoms with Gasteiger partial charge in [0.15, 0.2) is 17.4 Å². The van der Waals surface area contributed by atoms with Crippen molar-refractivity contribution in [3.8, 4) is 5.75 Å². The number of nitrogens with one attached hydrogen (secondary N) is 2. The van der Waals surface area contributed by atoms with Crippen LogP contribution in [0.15, 0.2) is 35.6 Å². The average Bonchev–Trinajstić information content (AvgIpc) is 3.11. The number of fused-ring (bicyclic) bond motifs is 1. The van der Waals surface area contributed by atoms with Crippen molar-refractivity contribution in [3.05, 3.63) is 36.3 Å². The summed E-state index contributed by atoms with van der Waals surface area (Å²) in [6.45, 7) is 6.83. The van der Waals surface area contributed by atoms with Crippen molar-refractivity contribution in [2.75, 3.05) is 24.2 Å². The topological polar surface area (TPSA) is 94.0 Å². The Kier molecular flexibility index (Phi) is 7.45. The van der Waals surface area contributed by atoms with E-state index in [0.29, 0.717) is 24.0 Å². The van der Waals surface area contributed by atoms with Crippen LogP contribution in [0.5, 0.6) is 5.75 Å². The molecule has 10 heteroatoms. The zero-order valence-electron chi connectivity index (χ0n) is 17.2. The minimum Gasteiger partial charge on any atom is -0.484 e.